The molecular weight excluding hydrogens is 265 g/mol. The maximum absolute atomic E-state index is 14.8. The first-order valence-electron chi connectivity index (χ1n) is 8.44. The van der Waals surface area contributed by atoms with Crippen molar-refractivity contribution in [3.63, 3.8) is 0 Å². The molecule has 0 aromatic rings. The highest BCUT2D eigenvalue weighted by atomic mass is 19.1. The monoisotopic (exact) mass is 299 g/mol. The second-order valence-electron chi connectivity index (χ2n) is 8.86. The third-order valence-electron chi connectivity index (χ3n) is 5.00. The Labute approximate surface area is 130 Å². The van der Waals surface area contributed by atoms with Gasteiger partial charge in [0.1, 0.15) is 6.17 Å². The van der Waals surface area contributed by atoms with Crippen molar-refractivity contribution in [3.05, 3.63) is 0 Å². The van der Waals surface area contributed by atoms with Crippen LogP contribution < -0.4 is 5.32 Å². The van der Waals surface area contributed by atoms with Gasteiger partial charge >= 0.3 is 0 Å². The maximum atomic E-state index is 14.8. The maximum Gasteiger partial charge on any atom is 0.118 e. The summed E-state index contributed by atoms with van der Waals surface area (Å²) >= 11 is 0. The Kier molecular flexibility index (Phi) is 5.01. The largest absolute Gasteiger partial charge is 0.314 e. The fraction of sp³-hybridized carbons (Fsp3) is 1.00. The molecule has 124 valence electrons. The van der Waals surface area contributed by atoms with Gasteiger partial charge in [-0.1, -0.05) is 20.8 Å². The van der Waals surface area contributed by atoms with Gasteiger partial charge in [-0.15, -0.1) is 0 Å². The van der Waals surface area contributed by atoms with Crippen LogP contribution in [0, 0.1) is 11.3 Å². The van der Waals surface area contributed by atoms with E-state index in [0.717, 1.165) is 32.7 Å². The van der Waals surface area contributed by atoms with Crippen molar-refractivity contribution < 1.29 is 4.39 Å². The summed E-state index contributed by atoms with van der Waals surface area (Å²) in [7, 11) is 0. The molecule has 0 aliphatic carbocycles. The van der Waals surface area contributed by atoms with Crippen molar-refractivity contribution >= 4 is 0 Å². The van der Waals surface area contributed by atoms with E-state index in [2.05, 4.69) is 56.7 Å². The molecule has 2 aliphatic rings. The molecule has 0 saturated carbocycles. The molecule has 1 N–H and O–H groups in total. The van der Waals surface area contributed by atoms with Gasteiger partial charge in [-0.2, -0.15) is 0 Å². The summed E-state index contributed by atoms with van der Waals surface area (Å²) in [5.74, 6) is 0.127. The van der Waals surface area contributed by atoms with E-state index in [1.807, 2.05) is 0 Å². The van der Waals surface area contributed by atoms with Crippen molar-refractivity contribution in [1.82, 2.24) is 15.1 Å². The summed E-state index contributed by atoms with van der Waals surface area (Å²) in [6.45, 7) is 19.1. The molecule has 0 amide bonds. The molecule has 0 aromatic heterocycles. The zero-order valence-electron chi connectivity index (χ0n) is 14.7. The number of hydrogen-bond donors (Lipinski definition) is 1. The van der Waals surface area contributed by atoms with Crippen LogP contribution in [0.3, 0.4) is 0 Å². The Balaban J connectivity index is 2.16. The number of nitrogens with zero attached hydrogens (tertiary/aromatic N) is 2. The minimum absolute atomic E-state index is 0.0283. The summed E-state index contributed by atoms with van der Waals surface area (Å²) in [5, 5.41) is 3.38. The van der Waals surface area contributed by atoms with Crippen LogP contribution >= 0.6 is 0 Å². The lowest BCUT2D eigenvalue weighted by Gasteiger charge is -2.45. The third kappa shape index (κ3) is 3.96. The van der Waals surface area contributed by atoms with Crippen LogP contribution in [0.15, 0.2) is 0 Å². The van der Waals surface area contributed by atoms with Gasteiger partial charge in [0.05, 0.1) is 0 Å². The molecule has 2 rings (SSSR count). The molecule has 3 nitrogen and oxygen atoms in total. The highest BCUT2D eigenvalue weighted by Crippen LogP contribution is 2.42. The predicted octanol–water partition coefficient (Wildman–Crippen LogP) is 2.37. The highest BCUT2D eigenvalue weighted by molar-refractivity contribution is 5.03. The van der Waals surface area contributed by atoms with E-state index in [4.69, 9.17) is 0 Å². The normalized spacial score (nSPS) is 33.6. The van der Waals surface area contributed by atoms with Crippen molar-refractivity contribution in [2.24, 2.45) is 11.3 Å². The molecule has 2 heterocycles. The van der Waals surface area contributed by atoms with E-state index < -0.39 is 6.17 Å². The number of piperazine rings is 1. The Bertz CT molecular complexity index is 339. The number of halogens is 1. The molecule has 2 saturated heterocycles. The third-order valence-corrected chi connectivity index (χ3v) is 5.00. The van der Waals surface area contributed by atoms with Crippen LogP contribution in [0.25, 0.3) is 0 Å². The molecule has 2 aliphatic heterocycles. The van der Waals surface area contributed by atoms with E-state index >= 15 is 0 Å². The minimum Gasteiger partial charge on any atom is -0.314 e. The number of alkyl halides is 1. The molecule has 4 heteroatoms. The topological polar surface area (TPSA) is 18.5 Å². The summed E-state index contributed by atoms with van der Waals surface area (Å²) in [5.41, 5.74) is 0.132. The minimum atomic E-state index is -0.705. The molecule has 0 unspecified atom stereocenters. The van der Waals surface area contributed by atoms with Gasteiger partial charge in [0.15, 0.2) is 0 Å². The van der Waals surface area contributed by atoms with Crippen molar-refractivity contribution in [2.45, 2.75) is 59.3 Å². The van der Waals surface area contributed by atoms with Gasteiger partial charge in [0.2, 0.25) is 0 Å². The van der Waals surface area contributed by atoms with E-state index in [1.165, 1.54) is 0 Å². The molecule has 0 bridgehead atoms. The summed E-state index contributed by atoms with van der Waals surface area (Å²) in [6, 6.07) is 0.308. The number of likely N-dealkylation sites (tertiary alicyclic amines) is 1. The van der Waals surface area contributed by atoms with E-state index in [-0.39, 0.29) is 16.9 Å². The molecule has 0 aromatic carbocycles. The first-order chi connectivity index (χ1) is 9.60. The van der Waals surface area contributed by atoms with E-state index in [0.29, 0.717) is 12.6 Å². The smallest absolute Gasteiger partial charge is 0.118 e. The average Bonchev–Trinajstić information content (AvgIpc) is 2.68. The number of rotatable bonds is 2. The zero-order chi connectivity index (χ0) is 15.8. The van der Waals surface area contributed by atoms with Crippen LogP contribution in [0.2, 0.25) is 0 Å². The molecule has 0 spiro atoms. The summed E-state index contributed by atoms with van der Waals surface area (Å²) < 4.78 is 14.8. The number of hydrogen-bond acceptors (Lipinski definition) is 3. The van der Waals surface area contributed by atoms with Gasteiger partial charge in [0, 0.05) is 56.8 Å². The fourth-order valence-corrected chi connectivity index (χ4v) is 4.07. The molecule has 3 atom stereocenters. The fourth-order valence-electron chi connectivity index (χ4n) is 4.07. The Morgan fingerprint density at radius 2 is 1.62 bits per heavy atom. The van der Waals surface area contributed by atoms with Gasteiger partial charge in [-0.25, -0.2) is 4.39 Å². The lowest BCUT2D eigenvalue weighted by atomic mass is 9.77. The predicted molar refractivity (Wildman–Crippen MR) is 87.4 cm³/mol. The van der Waals surface area contributed by atoms with Crippen LogP contribution in [-0.2, 0) is 0 Å². The standard InChI is InChI=1S/C17H34FN3/c1-16(2,3)15-13(11-20-9-7-19-8-10-20)14(18)12-21(15)17(4,5)6/h13-15,19H,7-12H2,1-6H3/t13-,14-,15-/m0/s1. The lowest BCUT2D eigenvalue weighted by Crippen LogP contribution is -2.54. The van der Waals surface area contributed by atoms with Gasteiger partial charge in [-0.05, 0) is 26.2 Å². The quantitative estimate of drug-likeness (QED) is 0.844. The molecule has 21 heavy (non-hydrogen) atoms. The summed E-state index contributed by atoms with van der Waals surface area (Å²) in [4.78, 5) is 4.85. The second-order valence-corrected chi connectivity index (χ2v) is 8.86. The van der Waals surface area contributed by atoms with Gasteiger partial charge in [-0.3, -0.25) is 4.90 Å². The van der Waals surface area contributed by atoms with Crippen molar-refractivity contribution in [2.75, 3.05) is 39.3 Å². The van der Waals surface area contributed by atoms with Crippen molar-refractivity contribution in [1.29, 1.82) is 0 Å². The van der Waals surface area contributed by atoms with Crippen LogP contribution in [0.1, 0.15) is 41.5 Å². The Hall–Kier alpha value is -0.190. The van der Waals surface area contributed by atoms with Crippen molar-refractivity contribution in [3.8, 4) is 0 Å². The molecule has 0 radical (unpaired) electrons. The first kappa shape index (κ1) is 17.2. The van der Waals surface area contributed by atoms with E-state index in [1.54, 1.807) is 0 Å². The average molecular weight is 299 g/mol. The highest BCUT2D eigenvalue weighted by Gasteiger charge is 2.50. The zero-order valence-corrected chi connectivity index (χ0v) is 14.7. The van der Waals surface area contributed by atoms with Crippen LogP contribution in [0.4, 0.5) is 4.39 Å². The van der Waals surface area contributed by atoms with Crippen LogP contribution in [0.5, 0.6) is 0 Å². The lowest BCUT2D eigenvalue weighted by molar-refractivity contribution is 0.0290. The first-order valence-corrected chi connectivity index (χ1v) is 8.44. The van der Waals surface area contributed by atoms with E-state index in [9.17, 15) is 4.39 Å². The van der Waals surface area contributed by atoms with Crippen LogP contribution in [-0.4, -0.2) is 66.8 Å². The Morgan fingerprint density at radius 3 is 2.10 bits per heavy atom. The second kappa shape index (κ2) is 6.13. The summed E-state index contributed by atoms with van der Waals surface area (Å²) in [6.07, 6.45) is -0.705. The molecular formula is C17H34FN3. The number of nitrogens with one attached hydrogen (secondary N) is 1. The SMILES string of the molecule is CC(C)(C)[C@@H]1[C@@H](CN2CCNCC2)[C@@H](F)CN1C(C)(C)C. The molecule has 2 fully saturated rings. The van der Waals surface area contributed by atoms with Gasteiger partial charge in [0.25, 0.3) is 0 Å². The van der Waals surface area contributed by atoms with Gasteiger partial charge < -0.3 is 10.2 Å². The Morgan fingerprint density at radius 1 is 1.05 bits per heavy atom.